The van der Waals surface area contributed by atoms with E-state index in [1.54, 1.807) is 10.9 Å². The highest BCUT2D eigenvalue weighted by atomic mass is 32.2. The highest BCUT2D eigenvalue weighted by Crippen LogP contribution is 2.23. The van der Waals surface area contributed by atoms with Crippen LogP contribution in [0.4, 0.5) is 0 Å². The summed E-state index contributed by atoms with van der Waals surface area (Å²) in [5, 5.41) is 16.1. The molecule has 2 atom stereocenters. The molecule has 0 unspecified atom stereocenters. The third-order valence-electron chi connectivity index (χ3n) is 3.86. The maximum absolute atomic E-state index is 10.1. The van der Waals surface area contributed by atoms with Gasteiger partial charge in [0.15, 0.2) is 5.17 Å². The van der Waals surface area contributed by atoms with Crippen LogP contribution in [0.1, 0.15) is 6.92 Å². The lowest BCUT2D eigenvalue weighted by atomic mass is 10.2. The molecule has 0 aliphatic carbocycles. The zero-order chi connectivity index (χ0) is 14.7. The average molecular weight is 309 g/mol. The highest BCUT2D eigenvalue weighted by molar-refractivity contribution is 8.14. The number of aliphatic hydroxyl groups is 1. The number of nitrogens with zero attached hydrogens (tertiary/aromatic N) is 5. The molecule has 1 saturated heterocycles. The van der Waals surface area contributed by atoms with Crippen LogP contribution in [-0.4, -0.2) is 80.5 Å². The Morgan fingerprint density at radius 3 is 2.76 bits per heavy atom. The fourth-order valence-corrected chi connectivity index (χ4v) is 3.73. The Kier molecular flexibility index (Phi) is 4.82. The van der Waals surface area contributed by atoms with E-state index in [0.29, 0.717) is 18.3 Å². The highest BCUT2D eigenvalue weighted by Gasteiger charge is 2.25. The summed E-state index contributed by atoms with van der Waals surface area (Å²) in [5.74, 6) is 0. The van der Waals surface area contributed by atoms with Gasteiger partial charge in [0.25, 0.3) is 0 Å². The van der Waals surface area contributed by atoms with Gasteiger partial charge in [-0.2, -0.15) is 5.10 Å². The van der Waals surface area contributed by atoms with Gasteiger partial charge in [0, 0.05) is 50.4 Å². The van der Waals surface area contributed by atoms with Crippen LogP contribution in [0.25, 0.3) is 0 Å². The smallest absolute Gasteiger partial charge is 0.159 e. The van der Waals surface area contributed by atoms with Crippen molar-refractivity contribution in [3.63, 3.8) is 0 Å². The first-order chi connectivity index (χ1) is 10.2. The van der Waals surface area contributed by atoms with Crippen molar-refractivity contribution in [3.05, 3.63) is 18.5 Å². The normalized spacial score (nSPS) is 25.1. The van der Waals surface area contributed by atoms with Crippen LogP contribution in [0.2, 0.25) is 0 Å². The van der Waals surface area contributed by atoms with Gasteiger partial charge in [-0.1, -0.05) is 18.7 Å². The second-order valence-corrected chi connectivity index (χ2v) is 7.13. The maximum atomic E-state index is 10.1. The number of piperazine rings is 1. The Bertz CT molecular complexity index is 470. The third kappa shape index (κ3) is 3.99. The summed E-state index contributed by atoms with van der Waals surface area (Å²) in [6.07, 6.45) is 3.26. The van der Waals surface area contributed by atoms with Crippen molar-refractivity contribution in [2.24, 2.45) is 4.99 Å². The standard InChI is InChI=1S/C14H23N5OS/c1-12-9-15-14(21-12)18-7-5-17(6-8-18)10-13(20)11-19-4-2-3-16-19/h2-4,12-13,20H,5-11H2,1H3/t12-,13-/m0/s1. The summed E-state index contributed by atoms with van der Waals surface area (Å²) in [4.78, 5) is 9.31. The second kappa shape index (κ2) is 6.81. The average Bonchev–Trinajstić information content (AvgIpc) is 3.11. The topological polar surface area (TPSA) is 56.9 Å². The molecule has 116 valence electrons. The van der Waals surface area contributed by atoms with E-state index in [-0.39, 0.29) is 6.10 Å². The van der Waals surface area contributed by atoms with E-state index in [9.17, 15) is 5.11 Å². The Morgan fingerprint density at radius 1 is 1.33 bits per heavy atom. The van der Waals surface area contributed by atoms with Crippen LogP contribution < -0.4 is 0 Å². The number of aliphatic imine (C=N–C) groups is 1. The zero-order valence-electron chi connectivity index (χ0n) is 12.4. The molecular weight excluding hydrogens is 286 g/mol. The van der Waals surface area contributed by atoms with Gasteiger partial charge in [-0.25, -0.2) is 0 Å². The first-order valence-electron chi connectivity index (χ1n) is 7.54. The Morgan fingerprint density at radius 2 is 2.14 bits per heavy atom. The van der Waals surface area contributed by atoms with E-state index in [4.69, 9.17) is 0 Å². The van der Waals surface area contributed by atoms with Gasteiger partial charge in [-0.05, 0) is 6.07 Å². The van der Waals surface area contributed by atoms with Gasteiger partial charge < -0.3 is 10.0 Å². The lowest BCUT2D eigenvalue weighted by Crippen LogP contribution is -2.50. The molecule has 3 heterocycles. The minimum absolute atomic E-state index is 0.366. The largest absolute Gasteiger partial charge is 0.390 e. The Hall–Kier alpha value is -1.05. The molecule has 6 nitrogen and oxygen atoms in total. The Balaban J connectivity index is 1.41. The van der Waals surface area contributed by atoms with Gasteiger partial charge in [0.05, 0.1) is 19.2 Å². The molecule has 0 spiro atoms. The van der Waals surface area contributed by atoms with Crippen LogP contribution >= 0.6 is 11.8 Å². The van der Waals surface area contributed by atoms with E-state index in [1.165, 1.54) is 5.17 Å². The SMILES string of the molecule is C[C@H]1CN=C(N2CCN(C[C@H](O)Cn3cccn3)CC2)S1. The summed E-state index contributed by atoms with van der Waals surface area (Å²) in [6.45, 7) is 8.44. The molecule has 21 heavy (non-hydrogen) atoms. The van der Waals surface area contributed by atoms with Crippen LogP contribution in [0.5, 0.6) is 0 Å². The lowest BCUT2D eigenvalue weighted by Gasteiger charge is -2.36. The summed E-state index contributed by atoms with van der Waals surface area (Å²) in [7, 11) is 0. The summed E-state index contributed by atoms with van der Waals surface area (Å²) in [5.41, 5.74) is 0. The number of β-amino-alcohol motifs (C(OH)–C–C–N with tert-alkyl or cyclic N) is 1. The predicted molar refractivity (Wildman–Crippen MR) is 85.6 cm³/mol. The van der Waals surface area contributed by atoms with Gasteiger partial charge in [0.2, 0.25) is 0 Å². The molecule has 7 heteroatoms. The number of rotatable bonds is 4. The number of hydrogen-bond acceptors (Lipinski definition) is 6. The summed E-state index contributed by atoms with van der Waals surface area (Å²) < 4.78 is 1.78. The molecule has 0 saturated carbocycles. The molecule has 2 aliphatic rings. The summed E-state index contributed by atoms with van der Waals surface area (Å²) in [6, 6.07) is 1.88. The fraction of sp³-hybridized carbons (Fsp3) is 0.714. The van der Waals surface area contributed by atoms with E-state index in [2.05, 4.69) is 26.8 Å². The van der Waals surface area contributed by atoms with Crippen molar-refractivity contribution in [1.82, 2.24) is 19.6 Å². The zero-order valence-corrected chi connectivity index (χ0v) is 13.2. The molecular formula is C14H23N5OS. The summed E-state index contributed by atoms with van der Waals surface area (Å²) >= 11 is 1.89. The van der Waals surface area contributed by atoms with Crippen molar-refractivity contribution in [2.75, 3.05) is 39.3 Å². The fourth-order valence-electron chi connectivity index (χ4n) is 2.74. The van der Waals surface area contributed by atoms with E-state index < -0.39 is 0 Å². The first-order valence-corrected chi connectivity index (χ1v) is 8.42. The van der Waals surface area contributed by atoms with Gasteiger partial charge in [-0.15, -0.1) is 0 Å². The molecule has 1 fully saturated rings. The predicted octanol–water partition coefficient (Wildman–Crippen LogP) is 0.353. The maximum Gasteiger partial charge on any atom is 0.159 e. The molecule has 0 aromatic carbocycles. The van der Waals surface area contributed by atoms with Crippen molar-refractivity contribution in [2.45, 2.75) is 24.8 Å². The lowest BCUT2D eigenvalue weighted by molar-refractivity contribution is 0.0769. The number of aromatic nitrogens is 2. The van der Waals surface area contributed by atoms with Crippen LogP contribution in [0, 0.1) is 0 Å². The van der Waals surface area contributed by atoms with Gasteiger partial charge in [-0.3, -0.25) is 14.6 Å². The molecule has 0 amide bonds. The van der Waals surface area contributed by atoms with E-state index in [1.807, 2.05) is 24.0 Å². The van der Waals surface area contributed by atoms with Crippen molar-refractivity contribution in [1.29, 1.82) is 0 Å². The molecule has 0 bridgehead atoms. The minimum Gasteiger partial charge on any atom is -0.390 e. The van der Waals surface area contributed by atoms with Crippen LogP contribution in [-0.2, 0) is 6.54 Å². The van der Waals surface area contributed by atoms with Crippen LogP contribution in [0.15, 0.2) is 23.5 Å². The first kappa shape index (κ1) is 14.9. The molecule has 2 aliphatic heterocycles. The van der Waals surface area contributed by atoms with Crippen LogP contribution in [0.3, 0.4) is 0 Å². The third-order valence-corrected chi connectivity index (χ3v) is 5.01. The Labute approximate surface area is 129 Å². The number of aliphatic hydroxyl groups excluding tert-OH is 1. The monoisotopic (exact) mass is 309 g/mol. The number of amidine groups is 1. The number of hydrogen-bond donors (Lipinski definition) is 1. The molecule has 1 N–H and O–H groups in total. The van der Waals surface area contributed by atoms with E-state index >= 15 is 0 Å². The molecule has 1 aromatic heterocycles. The molecule has 0 radical (unpaired) electrons. The second-order valence-electron chi connectivity index (χ2n) is 5.72. The van der Waals surface area contributed by atoms with Crippen molar-refractivity contribution in [3.8, 4) is 0 Å². The number of thioether (sulfide) groups is 1. The van der Waals surface area contributed by atoms with Gasteiger partial charge >= 0.3 is 0 Å². The van der Waals surface area contributed by atoms with E-state index in [0.717, 1.165) is 32.7 Å². The van der Waals surface area contributed by atoms with Crippen molar-refractivity contribution >= 4 is 16.9 Å². The minimum atomic E-state index is -0.366. The molecule has 3 rings (SSSR count). The molecule has 1 aromatic rings. The quantitative estimate of drug-likeness (QED) is 0.870. The van der Waals surface area contributed by atoms with Crippen molar-refractivity contribution < 1.29 is 5.11 Å². The van der Waals surface area contributed by atoms with Gasteiger partial charge in [0.1, 0.15) is 0 Å².